The van der Waals surface area contributed by atoms with E-state index in [0.29, 0.717) is 10.6 Å². The Morgan fingerprint density at radius 3 is 2.15 bits per heavy atom. The van der Waals surface area contributed by atoms with Gasteiger partial charge in [0.25, 0.3) is 16.0 Å². The molecule has 0 fully saturated rings. The number of phenols is 1. The molecule has 0 spiro atoms. The van der Waals surface area contributed by atoms with E-state index in [4.69, 9.17) is 0 Å². The van der Waals surface area contributed by atoms with Gasteiger partial charge in [0.2, 0.25) is 9.84 Å². The lowest BCUT2D eigenvalue weighted by molar-refractivity contribution is -0.114. The average molecular weight is 586 g/mol. The van der Waals surface area contributed by atoms with Crippen LogP contribution < -0.4 is 9.91 Å². The molecule has 0 saturated heterocycles. The molecule has 208 valence electrons. The van der Waals surface area contributed by atoms with Crippen molar-refractivity contribution >= 4 is 55.0 Å². The SMILES string of the molecule is CC1=NN(c2cc(S(=O)(=O)O)ccc2S(=O)(=O)c2ccc(O)c(C(=O)O)c2)C(=O)/C1=C\c1ccc(N(C)C)cc1. The van der Waals surface area contributed by atoms with Crippen LogP contribution in [0.3, 0.4) is 0 Å². The standard InChI is InChI=1S/C26H23N3O9S2/c1-15-20(12-16-4-6-17(7-5-16)28(2)3)25(31)29(27-15)22-14-19(40(36,37)38)9-11-24(22)39(34,35)18-8-10-23(30)21(13-18)26(32)33/h4-14,30H,1-3H3,(H,32,33)(H,36,37,38)/b20-12-. The number of benzene rings is 3. The Balaban J connectivity index is 1.86. The van der Waals surface area contributed by atoms with Crippen LogP contribution >= 0.6 is 0 Å². The molecule has 40 heavy (non-hydrogen) atoms. The van der Waals surface area contributed by atoms with E-state index in [2.05, 4.69) is 5.10 Å². The summed E-state index contributed by atoms with van der Waals surface area (Å²) < 4.78 is 60.6. The van der Waals surface area contributed by atoms with Crippen molar-refractivity contribution in [3.63, 3.8) is 0 Å². The summed E-state index contributed by atoms with van der Waals surface area (Å²) in [5.74, 6) is -3.02. The minimum Gasteiger partial charge on any atom is -0.507 e. The van der Waals surface area contributed by atoms with Gasteiger partial charge in [0.05, 0.1) is 31.7 Å². The van der Waals surface area contributed by atoms with Gasteiger partial charge in [-0.25, -0.2) is 13.2 Å². The molecule has 1 aliphatic rings. The molecule has 0 aliphatic carbocycles. The minimum absolute atomic E-state index is 0.107. The second-order valence-electron chi connectivity index (χ2n) is 8.94. The number of carboxylic acid groups (broad SMARTS) is 1. The summed E-state index contributed by atoms with van der Waals surface area (Å²) in [6.45, 7) is 1.51. The van der Waals surface area contributed by atoms with Gasteiger partial charge < -0.3 is 15.1 Å². The van der Waals surface area contributed by atoms with Gasteiger partial charge in [-0.1, -0.05) is 12.1 Å². The topological polar surface area (TPSA) is 182 Å². The molecule has 0 unspecified atom stereocenters. The van der Waals surface area contributed by atoms with E-state index in [1.54, 1.807) is 18.2 Å². The molecule has 3 aromatic carbocycles. The maximum absolute atomic E-state index is 13.6. The number of sulfone groups is 1. The normalized spacial score (nSPS) is 14.9. The minimum atomic E-state index is -4.82. The number of carbonyl (C=O) groups excluding carboxylic acids is 1. The van der Waals surface area contributed by atoms with Gasteiger partial charge in [0, 0.05) is 19.8 Å². The number of hydrogen-bond donors (Lipinski definition) is 3. The van der Waals surface area contributed by atoms with Gasteiger partial charge in [-0.3, -0.25) is 9.35 Å². The number of carboxylic acids is 1. The number of nitrogens with zero attached hydrogens (tertiary/aromatic N) is 3. The van der Waals surface area contributed by atoms with E-state index in [0.717, 1.165) is 42.1 Å². The fourth-order valence-corrected chi connectivity index (χ4v) is 5.86. The molecule has 1 aliphatic heterocycles. The molecule has 1 heterocycles. The third-order valence-electron chi connectivity index (χ3n) is 6.04. The smallest absolute Gasteiger partial charge is 0.339 e. The van der Waals surface area contributed by atoms with Gasteiger partial charge in [0.1, 0.15) is 11.3 Å². The van der Waals surface area contributed by atoms with Crippen LogP contribution in [0.5, 0.6) is 5.75 Å². The third-order valence-corrected chi connectivity index (χ3v) is 8.69. The Kier molecular flexibility index (Phi) is 7.28. The van der Waals surface area contributed by atoms with Crippen LogP contribution in [-0.4, -0.2) is 63.3 Å². The first kappa shape index (κ1) is 28.5. The molecule has 14 heteroatoms. The predicted molar refractivity (Wildman–Crippen MR) is 146 cm³/mol. The number of hydrazone groups is 1. The number of carbonyl (C=O) groups is 2. The molecular weight excluding hydrogens is 562 g/mol. The molecule has 0 atom stereocenters. The van der Waals surface area contributed by atoms with E-state index in [1.165, 1.54) is 6.92 Å². The highest BCUT2D eigenvalue weighted by Gasteiger charge is 2.35. The monoisotopic (exact) mass is 585 g/mol. The van der Waals surface area contributed by atoms with E-state index in [-0.39, 0.29) is 11.3 Å². The molecule has 0 aromatic heterocycles. The Hall–Kier alpha value is -4.53. The Morgan fingerprint density at radius 1 is 0.950 bits per heavy atom. The molecular formula is C26H23N3O9S2. The van der Waals surface area contributed by atoms with Crippen molar-refractivity contribution in [2.75, 3.05) is 24.0 Å². The fourth-order valence-electron chi connectivity index (χ4n) is 3.91. The van der Waals surface area contributed by atoms with E-state index < -0.39 is 63.5 Å². The number of anilines is 2. The number of hydrogen-bond acceptors (Lipinski definition) is 9. The van der Waals surface area contributed by atoms with E-state index in [9.17, 15) is 41.2 Å². The van der Waals surface area contributed by atoms with Crippen molar-refractivity contribution in [1.82, 2.24) is 0 Å². The first-order valence-corrected chi connectivity index (χ1v) is 14.4. The molecule has 12 nitrogen and oxygen atoms in total. The summed E-state index contributed by atoms with van der Waals surface area (Å²) in [6.07, 6.45) is 1.54. The zero-order valence-corrected chi connectivity index (χ0v) is 22.9. The third kappa shape index (κ3) is 5.32. The van der Waals surface area contributed by atoms with E-state index >= 15 is 0 Å². The number of aromatic carboxylic acids is 1. The second-order valence-corrected chi connectivity index (χ2v) is 12.3. The first-order chi connectivity index (χ1) is 18.6. The zero-order chi connectivity index (χ0) is 29.6. The van der Waals surface area contributed by atoms with Crippen molar-refractivity contribution in [3.8, 4) is 5.75 Å². The van der Waals surface area contributed by atoms with Crippen molar-refractivity contribution < 1.29 is 41.2 Å². The van der Waals surface area contributed by atoms with Crippen LogP contribution in [0.1, 0.15) is 22.8 Å². The average Bonchev–Trinajstić information content (AvgIpc) is 3.16. The van der Waals surface area contributed by atoms with Gasteiger partial charge >= 0.3 is 5.97 Å². The summed E-state index contributed by atoms with van der Waals surface area (Å²) in [6, 6.07) is 12.2. The van der Waals surface area contributed by atoms with E-state index in [1.807, 2.05) is 31.1 Å². The Labute approximate surface area is 229 Å². The van der Waals surface area contributed by atoms with Crippen LogP contribution in [0.4, 0.5) is 11.4 Å². The van der Waals surface area contributed by atoms with Crippen LogP contribution in [0.25, 0.3) is 6.08 Å². The van der Waals surface area contributed by atoms with Crippen LogP contribution in [-0.2, 0) is 24.7 Å². The van der Waals surface area contributed by atoms with Crippen molar-refractivity contribution in [2.24, 2.45) is 5.10 Å². The van der Waals surface area contributed by atoms with Gasteiger partial charge in [0.15, 0.2) is 0 Å². The molecule has 0 saturated carbocycles. The van der Waals surface area contributed by atoms with Crippen LogP contribution in [0.2, 0.25) is 0 Å². The maximum atomic E-state index is 13.6. The Bertz CT molecular complexity index is 1830. The van der Waals surface area contributed by atoms with Crippen LogP contribution in [0.15, 0.2) is 86.0 Å². The van der Waals surface area contributed by atoms with Gasteiger partial charge in [-0.15, -0.1) is 0 Å². The summed E-state index contributed by atoms with van der Waals surface area (Å²) >= 11 is 0. The highest BCUT2D eigenvalue weighted by molar-refractivity contribution is 7.91. The fraction of sp³-hybridized carbons (Fsp3) is 0.115. The molecule has 1 amide bonds. The lowest BCUT2D eigenvalue weighted by Crippen LogP contribution is -2.24. The van der Waals surface area contributed by atoms with Crippen LogP contribution in [0, 0.1) is 0 Å². The second kappa shape index (κ2) is 10.2. The molecule has 3 N–H and O–H groups in total. The lowest BCUT2D eigenvalue weighted by atomic mass is 10.1. The highest BCUT2D eigenvalue weighted by atomic mass is 32.2. The van der Waals surface area contributed by atoms with Crippen molar-refractivity contribution in [2.45, 2.75) is 21.6 Å². The predicted octanol–water partition coefficient (Wildman–Crippen LogP) is 3.04. The largest absolute Gasteiger partial charge is 0.507 e. The quantitative estimate of drug-likeness (QED) is 0.275. The molecule has 0 bridgehead atoms. The van der Waals surface area contributed by atoms with Crippen molar-refractivity contribution in [3.05, 3.63) is 77.4 Å². The van der Waals surface area contributed by atoms with Crippen molar-refractivity contribution in [1.29, 1.82) is 0 Å². The molecule has 4 rings (SSSR count). The zero-order valence-electron chi connectivity index (χ0n) is 21.3. The van der Waals surface area contributed by atoms with Gasteiger partial charge in [-0.2, -0.15) is 18.5 Å². The summed E-state index contributed by atoms with van der Waals surface area (Å²) in [5, 5.41) is 24.0. The highest BCUT2D eigenvalue weighted by Crippen LogP contribution is 2.36. The number of rotatable bonds is 7. The first-order valence-electron chi connectivity index (χ1n) is 11.4. The summed E-state index contributed by atoms with van der Waals surface area (Å²) in [5.41, 5.74) is 0.708. The number of aromatic hydroxyl groups is 1. The molecule has 0 radical (unpaired) electrons. The van der Waals surface area contributed by atoms with Gasteiger partial charge in [-0.05, 0) is 67.1 Å². The Morgan fingerprint density at radius 2 is 1.57 bits per heavy atom. The maximum Gasteiger partial charge on any atom is 0.339 e. The summed E-state index contributed by atoms with van der Waals surface area (Å²) in [7, 11) is -5.69. The summed E-state index contributed by atoms with van der Waals surface area (Å²) in [4.78, 5) is 25.0. The lowest BCUT2D eigenvalue weighted by Gasteiger charge is -2.18. The molecule has 3 aromatic rings. The number of amides is 1.